The molecule has 3 nitrogen and oxygen atoms in total. The summed E-state index contributed by atoms with van der Waals surface area (Å²) in [4.78, 5) is 22.7. The van der Waals surface area contributed by atoms with Crippen LogP contribution in [0, 0.1) is 5.82 Å². The average Bonchev–Trinajstić information content (AvgIpc) is 2.38. The molecule has 0 spiro atoms. The number of esters is 1. The topological polar surface area (TPSA) is 43.4 Å². The first-order valence-electron chi connectivity index (χ1n) is 6.14. The monoisotopic (exact) mass is 286 g/mol. The lowest BCUT2D eigenvalue weighted by Crippen LogP contribution is -2.08. The summed E-state index contributed by atoms with van der Waals surface area (Å²) in [6.07, 6.45) is 0.843. The third-order valence-corrected chi connectivity index (χ3v) is 2.96. The van der Waals surface area contributed by atoms with Crippen molar-refractivity contribution in [1.82, 2.24) is 0 Å². The number of halogens is 2. The summed E-state index contributed by atoms with van der Waals surface area (Å²) >= 11 is 5.90. The highest BCUT2D eigenvalue weighted by molar-refractivity contribution is 6.31. The number of ketones is 1. The molecule has 0 unspecified atom stereocenters. The van der Waals surface area contributed by atoms with Crippen LogP contribution in [0.15, 0.2) is 18.2 Å². The van der Waals surface area contributed by atoms with Gasteiger partial charge in [0.05, 0.1) is 13.0 Å². The number of benzene rings is 1. The van der Waals surface area contributed by atoms with Crippen LogP contribution < -0.4 is 0 Å². The molecule has 0 heterocycles. The van der Waals surface area contributed by atoms with Crippen molar-refractivity contribution in [3.05, 3.63) is 34.6 Å². The minimum atomic E-state index is -0.377. The van der Waals surface area contributed by atoms with Crippen LogP contribution in [0.1, 0.15) is 31.7 Å². The van der Waals surface area contributed by atoms with Crippen molar-refractivity contribution in [2.75, 3.05) is 6.61 Å². The number of ether oxygens (including phenoxy) is 1. The summed E-state index contributed by atoms with van der Waals surface area (Å²) in [6, 6.07) is 4.06. The number of carbonyl (C=O) groups is 2. The second kappa shape index (κ2) is 7.89. The van der Waals surface area contributed by atoms with Crippen LogP contribution in [0.3, 0.4) is 0 Å². The van der Waals surface area contributed by atoms with Gasteiger partial charge in [-0.3, -0.25) is 9.59 Å². The highest BCUT2D eigenvalue weighted by Gasteiger charge is 2.09. The van der Waals surface area contributed by atoms with E-state index in [1.165, 1.54) is 18.2 Å². The molecule has 0 N–H and O–H groups in total. The summed E-state index contributed by atoms with van der Waals surface area (Å²) < 4.78 is 17.7. The van der Waals surface area contributed by atoms with Gasteiger partial charge in [-0.2, -0.15) is 0 Å². The fourth-order valence-corrected chi connectivity index (χ4v) is 1.82. The van der Waals surface area contributed by atoms with Crippen LogP contribution in [0.5, 0.6) is 0 Å². The molecule has 0 aromatic heterocycles. The molecule has 1 aromatic rings. The van der Waals surface area contributed by atoms with E-state index in [-0.39, 0.29) is 36.8 Å². The summed E-state index contributed by atoms with van der Waals surface area (Å²) in [5.41, 5.74) is 0.603. The minimum Gasteiger partial charge on any atom is -0.466 e. The Hall–Kier alpha value is -1.42. The molecule has 0 saturated carbocycles. The largest absolute Gasteiger partial charge is 0.466 e. The Morgan fingerprint density at radius 2 is 2.00 bits per heavy atom. The first kappa shape index (κ1) is 15.6. The SMILES string of the molecule is CCOC(=O)CCC(=O)CCc1cc(F)ccc1Cl. The summed E-state index contributed by atoms with van der Waals surface area (Å²) in [5, 5.41) is 0.444. The van der Waals surface area contributed by atoms with Gasteiger partial charge in [0.15, 0.2) is 0 Å². The van der Waals surface area contributed by atoms with Crippen LogP contribution in [-0.2, 0) is 20.7 Å². The molecular weight excluding hydrogens is 271 g/mol. The number of rotatable bonds is 7. The van der Waals surface area contributed by atoms with Gasteiger partial charge in [-0.15, -0.1) is 0 Å². The molecule has 0 saturated heterocycles. The third-order valence-electron chi connectivity index (χ3n) is 2.59. The van der Waals surface area contributed by atoms with E-state index in [1.807, 2.05) is 0 Å². The zero-order valence-electron chi connectivity index (χ0n) is 10.7. The smallest absolute Gasteiger partial charge is 0.306 e. The van der Waals surface area contributed by atoms with E-state index < -0.39 is 0 Å². The van der Waals surface area contributed by atoms with Gasteiger partial charge in [-0.25, -0.2) is 4.39 Å². The molecule has 0 aliphatic carbocycles. The maximum absolute atomic E-state index is 13.0. The quantitative estimate of drug-likeness (QED) is 0.722. The molecule has 19 heavy (non-hydrogen) atoms. The van der Waals surface area contributed by atoms with Crippen molar-refractivity contribution in [1.29, 1.82) is 0 Å². The van der Waals surface area contributed by atoms with Crippen molar-refractivity contribution >= 4 is 23.4 Å². The van der Waals surface area contributed by atoms with Crippen molar-refractivity contribution < 1.29 is 18.7 Å². The third kappa shape index (κ3) is 5.83. The minimum absolute atomic E-state index is 0.0617. The Morgan fingerprint density at radius 3 is 2.68 bits per heavy atom. The van der Waals surface area contributed by atoms with E-state index in [4.69, 9.17) is 16.3 Å². The van der Waals surface area contributed by atoms with Crippen LogP contribution in [0.2, 0.25) is 5.02 Å². The molecule has 1 aromatic carbocycles. The fraction of sp³-hybridized carbons (Fsp3) is 0.429. The number of hydrogen-bond acceptors (Lipinski definition) is 3. The van der Waals surface area contributed by atoms with Crippen molar-refractivity contribution in [3.63, 3.8) is 0 Å². The maximum Gasteiger partial charge on any atom is 0.306 e. The van der Waals surface area contributed by atoms with Gasteiger partial charge in [0.25, 0.3) is 0 Å². The molecule has 0 fully saturated rings. The van der Waals surface area contributed by atoms with Crippen molar-refractivity contribution in [2.45, 2.75) is 32.6 Å². The van der Waals surface area contributed by atoms with Crippen LogP contribution >= 0.6 is 11.6 Å². The molecule has 0 aliphatic rings. The molecule has 0 bridgehead atoms. The van der Waals surface area contributed by atoms with Gasteiger partial charge < -0.3 is 4.74 Å². The van der Waals surface area contributed by atoms with E-state index in [2.05, 4.69) is 0 Å². The Balaban J connectivity index is 2.38. The Morgan fingerprint density at radius 1 is 1.26 bits per heavy atom. The molecule has 1 rings (SSSR count). The lowest BCUT2D eigenvalue weighted by atomic mass is 10.0. The predicted molar refractivity (Wildman–Crippen MR) is 70.6 cm³/mol. The molecule has 0 aliphatic heterocycles. The zero-order chi connectivity index (χ0) is 14.3. The van der Waals surface area contributed by atoms with Crippen molar-refractivity contribution in [3.8, 4) is 0 Å². The average molecular weight is 287 g/mol. The van der Waals surface area contributed by atoms with Gasteiger partial charge in [0, 0.05) is 17.9 Å². The highest BCUT2D eigenvalue weighted by Crippen LogP contribution is 2.19. The molecule has 5 heteroatoms. The normalized spacial score (nSPS) is 10.3. The summed E-state index contributed by atoms with van der Waals surface area (Å²) in [5.74, 6) is -0.814. The first-order chi connectivity index (χ1) is 9.02. The Kier molecular flexibility index (Phi) is 6.50. The molecule has 0 atom stereocenters. The lowest BCUT2D eigenvalue weighted by Gasteiger charge is -2.04. The maximum atomic E-state index is 13.0. The van der Waals surface area contributed by atoms with Gasteiger partial charge in [-0.1, -0.05) is 11.6 Å². The van der Waals surface area contributed by atoms with Crippen LogP contribution in [0.25, 0.3) is 0 Å². The summed E-state index contributed by atoms with van der Waals surface area (Å²) in [6.45, 7) is 2.03. The Labute approximate surface area is 116 Å². The van der Waals surface area contributed by atoms with E-state index in [1.54, 1.807) is 6.92 Å². The molecule has 0 radical (unpaired) electrons. The summed E-state index contributed by atoms with van der Waals surface area (Å²) in [7, 11) is 0. The van der Waals surface area contributed by atoms with E-state index in [9.17, 15) is 14.0 Å². The highest BCUT2D eigenvalue weighted by atomic mass is 35.5. The molecule has 0 amide bonds. The number of Topliss-reactive ketones (excluding diaryl/α,β-unsaturated/α-hetero) is 1. The van der Waals surface area contributed by atoms with E-state index in [0.29, 0.717) is 23.6 Å². The van der Waals surface area contributed by atoms with Crippen LogP contribution in [0.4, 0.5) is 4.39 Å². The standard InChI is InChI=1S/C14H16ClFO3/c1-2-19-14(18)8-6-12(17)5-3-10-9-11(16)4-7-13(10)15/h4,7,9H,2-3,5-6,8H2,1H3. The van der Waals surface area contributed by atoms with Gasteiger partial charge in [-0.05, 0) is 37.1 Å². The van der Waals surface area contributed by atoms with Gasteiger partial charge in [0.1, 0.15) is 11.6 Å². The number of hydrogen-bond donors (Lipinski definition) is 0. The Bertz CT molecular complexity index is 460. The number of aryl methyl sites for hydroxylation is 1. The number of carbonyl (C=O) groups excluding carboxylic acids is 2. The second-order valence-corrected chi connectivity index (χ2v) is 4.49. The van der Waals surface area contributed by atoms with Gasteiger partial charge in [0.2, 0.25) is 0 Å². The lowest BCUT2D eigenvalue weighted by molar-refractivity contribution is -0.144. The van der Waals surface area contributed by atoms with Gasteiger partial charge >= 0.3 is 5.97 Å². The zero-order valence-corrected chi connectivity index (χ0v) is 11.5. The fourth-order valence-electron chi connectivity index (χ4n) is 1.61. The second-order valence-electron chi connectivity index (χ2n) is 4.08. The first-order valence-corrected chi connectivity index (χ1v) is 6.52. The van der Waals surface area contributed by atoms with Crippen molar-refractivity contribution in [2.24, 2.45) is 0 Å². The van der Waals surface area contributed by atoms with Crippen LogP contribution in [-0.4, -0.2) is 18.4 Å². The molecule has 104 valence electrons. The van der Waals surface area contributed by atoms with E-state index in [0.717, 1.165) is 0 Å². The van der Waals surface area contributed by atoms with E-state index >= 15 is 0 Å². The predicted octanol–water partition coefficient (Wildman–Crippen LogP) is 3.32. The molecular formula is C14H16ClFO3.